The van der Waals surface area contributed by atoms with Gasteiger partial charge in [-0.3, -0.25) is 4.79 Å². The molecule has 0 radical (unpaired) electrons. The van der Waals surface area contributed by atoms with Gasteiger partial charge in [0.2, 0.25) is 0 Å². The van der Waals surface area contributed by atoms with Gasteiger partial charge in [0.25, 0.3) is 5.91 Å². The lowest BCUT2D eigenvalue weighted by molar-refractivity contribution is -0.123. The summed E-state index contributed by atoms with van der Waals surface area (Å²) in [4.78, 5) is 15.9. The van der Waals surface area contributed by atoms with Crippen LogP contribution in [0.1, 0.15) is 18.1 Å². The summed E-state index contributed by atoms with van der Waals surface area (Å²) in [5.74, 6) is 1.24. The zero-order valence-corrected chi connectivity index (χ0v) is 15.2. The molecule has 0 saturated heterocycles. The van der Waals surface area contributed by atoms with E-state index in [0.717, 1.165) is 16.9 Å². The topological polar surface area (TPSA) is 78.3 Å². The van der Waals surface area contributed by atoms with Gasteiger partial charge in [-0.25, -0.2) is 9.67 Å². The Morgan fingerprint density at radius 3 is 2.30 bits per heavy atom. The molecule has 27 heavy (non-hydrogen) atoms. The second kappa shape index (κ2) is 9.38. The Bertz CT molecular complexity index is 831. The number of nitrogens with one attached hydrogen (secondary N) is 1. The Kier molecular flexibility index (Phi) is 6.40. The minimum Gasteiger partial charge on any atom is -0.494 e. The lowest BCUT2D eigenvalue weighted by Crippen LogP contribution is -2.28. The quantitative estimate of drug-likeness (QED) is 0.629. The number of benzene rings is 2. The summed E-state index contributed by atoms with van der Waals surface area (Å²) in [6, 6.07) is 15.2. The lowest BCUT2D eigenvalue weighted by Gasteiger charge is -2.09. The summed E-state index contributed by atoms with van der Waals surface area (Å²) in [5.41, 5.74) is 2.14. The third-order valence-corrected chi connectivity index (χ3v) is 3.83. The molecule has 3 rings (SSSR count). The smallest absolute Gasteiger partial charge is 0.258 e. The van der Waals surface area contributed by atoms with Crippen molar-refractivity contribution in [2.24, 2.45) is 0 Å². The van der Waals surface area contributed by atoms with E-state index >= 15 is 0 Å². The van der Waals surface area contributed by atoms with Gasteiger partial charge in [-0.15, -0.1) is 0 Å². The Balaban J connectivity index is 1.40. The molecule has 0 spiro atoms. The molecule has 1 amide bonds. The Morgan fingerprint density at radius 2 is 1.67 bits per heavy atom. The molecule has 0 aliphatic rings. The predicted octanol–water partition coefficient (Wildman–Crippen LogP) is 2.42. The standard InChI is InChI=1S/C20H22N4O3/c1-2-26-18-7-9-19(10-8-18)27-13-20(25)22-11-16-3-5-17(6-4-16)12-24-15-21-14-23-24/h3-10,14-15H,2,11-13H2,1H3,(H,22,25). The first kappa shape index (κ1) is 18.4. The van der Waals surface area contributed by atoms with E-state index in [4.69, 9.17) is 9.47 Å². The fraction of sp³-hybridized carbons (Fsp3) is 0.250. The van der Waals surface area contributed by atoms with Crippen LogP contribution in [0.25, 0.3) is 0 Å². The normalized spacial score (nSPS) is 10.4. The number of carbonyl (C=O) groups is 1. The molecule has 0 bridgehead atoms. The molecule has 0 atom stereocenters. The first-order chi connectivity index (χ1) is 13.2. The van der Waals surface area contributed by atoms with Gasteiger partial charge in [-0.2, -0.15) is 5.10 Å². The molecule has 2 aromatic carbocycles. The number of hydrogen-bond acceptors (Lipinski definition) is 5. The Labute approximate surface area is 158 Å². The maximum Gasteiger partial charge on any atom is 0.258 e. The van der Waals surface area contributed by atoms with Gasteiger partial charge in [0.15, 0.2) is 6.61 Å². The number of rotatable bonds is 9. The number of ether oxygens (including phenoxy) is 2. The number of aromatic nitrogens is 3. The minimum atomic E-state index is -0.171. The van der Waals surface area contributed by atoms with Gasteiger partial charge in [-0.05, 0) is 42.3 Å². The van der Waals surface area contributed by atoms with Crippen molar-refractivity contribution in [2.45, 2.75) is 20.0 Å². The molecular formula is C20H22N4O3. The molecule has 3 aromatic rings. The van der Waals surface area contributed by atoms with Crippen LogP contribution in [0, 0.1) is 0 Å². The lowest BCUT2D eigenvalue weighted by atomic mass is 10.1. The van der Waals surface area contributed by atoms with Crippen molar-refractivity contribution < 1.29 is 14.3 Å². The summed E-state index contributed by atoms with van der Waals surface area (Å²) >= 11 is 0. The van der Waals surface area contributed by atoms with Crippen molar-refractivity contribution in [1.29, 1.82) is 0 Å². The number of carbonyl (C=O) groups excluding carboxylic acids is 1. The van der Waals surface area contributed by atoms with E-state index in [1.54, 1.807) is 23.1 Å². The molecule has 0 fully saturated rings. The summed E-state index contributed by atoms with van der Waals surface area (Å²) < 4.78 is 12.6. The first-order valence-corrected chi connectivity index (χ1v) is 8.75. The Morgan fingerprint density at radius 1 is 1.00 bits per heavy atom. The van der Waals surface area contributed by atoms with Crippen molar-refractivity contribution in [1.82, 2.24) is 20.1 Å². The maximum atomic E-state index is 12.0. The van der Waals surface area contributed by atoms with Crippen molar-refractivity contribution in [3.63, 3.8) is 0 Å². The fourth-order valence-corrected chi connectivity index (χ4v) is 2.46. The second-order valence-corrected chi connectivity index (χ2v) is 5.88. The zero-order chi connectivity index (χ0) is 18.9. The first-order valence-electron chi connectivity index (χ1n) is 8.75. The number of nitrogens with zero attached hydrogens (tertiary/aromatic N) is 3. The molecule has 1 aromatic heterocycles. The average molecular weight is 366 g/mol. The molecular weight excluding hydrogens is 344 g/mol. The molecule has 0 unspecified atom stereocenters. The minimum absolute atomic E-state index is 0.0294. The van der Waals surface area contributed by atoms with Gasteiger partial charge in [-0.1, -0.05) is 24.3 Å². The van der Waals surface area contributed by atoms with E-state index in [-0.39, 0.29) is 12.5 Å². The molecule has 0 aliphatic heterocycles. The van der Waals surface area contributed by atoms with Crippen LogP contribution < -0.4 is 14.8 Å². The van der Waals surface area contributed by atoms with Gasteiger partial charge < -0.3 is 14.8 Å². The SMILES string of the molecule is CCOc1ccc(OCC(=O)NCc2ccc(Cn3cncn3)cc2)cc1. The van der Waals surface area contributed by atoms with E-state index in [2.05, 4.69) is 15.4 Å². The molecule has 7 heteroatoms. The van der Waals surface area contributed by atoms with Gasteiger partial charge in [0, 0.05) is 6.54 Å². The largest absolute Gasteiger partial charge is 0.494 e. The van der Waals surface area contributed by atoms with Crippen molar-refractivity contribution in [3.05, 3.63) is 72.3 Å². The number of amides is 1. The average Bonchev–Trinajstić information content (AvgIpc) is 3.20. The van der Waals surface area contributed by atoms with Crippen molar-refractivity contribution in [2.75, 3.05) is 13.2 Å². The summed E-state index contributed by atoms with van der Waals surface area (Å²) in [5, 5.41) is 6.93. The third kappa shape index (κ3) is 5.85. The highest BCUT2D eigenvalue weighted by atomic mass is 16.5. The van der Waals surface area contributed by atoms with E-state index in [0.29, 0.717) is 25.4 Å². The molecule has 7 nitrogen and oxygen atoms in total. The highest BCUT2D eigenvalue weighted by Crippen LogP contribution is 2.17. The van der Waals surface area contributed by atoms with Gasteiger partial charge in [0.1, 0.15) is 24.2 Å². The maximum absolute atomic E-state index is 12.0. The van der Waals surface area contributed by atoms with Crippen molar-refractivity contribution in [3.8, 4) is 11.5 Å². The van der Waals surface area contributed by atoms with Gasteiger partial charge in [0.05, 0.1) is 13.2 Å². The van der Waals surface area contributed by atoms with Crippen LogP contribution >= 0.6 is 0 Å². The fourth-order valence-electron chi connectivity index (χ4n) is 2.46. The Hall–Kier alpha value is -3.35. The van der Waals surface area contributed by atoms with Crippen LogP contribution in [0.5, 0.6) is 11.5 Å². The molecule has 0 aliphatic carbocycles. The predicted molar refractivity (Wildman–Crippen MR) is 101 cm³/mol. The highest BCUT2D eigenvalue weighted by molar-refractivity contribution is 5.77. The molecule has 1 N–H and O–H groups in total. The van der Waals surface area contributed by atoms with Crippen LogP contribution in [0.3, 0.4) is 0 Å². The monoisotopic (exact) mass is 366 g/mol. The van der Waals surface area contributed by atoms with Crippen LogP contribution in [0.4, 0.5) is 0 Å². The van der Waals surface area contributed by atoms with Crippen LogP contribution in [0.2, 0.25) is 0 Å². The molecule has 140 valence electrons. The summed E-state index contributed by atoms with van der Waals surface area (Å²) in [6.07, 6.45) is 3.19. The van der Waals surface area contributed by atoms with E-state index in [1.165, 1.54) is 6.33 Å². The van der Waals surface area contributed by atoms with Crippen LogP contribution in [-0.2, 0) is 17.9 Å². The summed E-state index contributed by atoms with van der Waals surface area (Å²) in [7, 11) is 0. The third-order valence-electron chi connectivity index (χ3n) is 3.83. The van der Waals surface area contributed by atoms with E-state index in [9.17, 15) is 4.79 Å². The summed E-state index contributed by atoms with van der Waals surface area (Å²) in [6.45, 7) is 3.64. The van der Waals surface area contributed by atoms with Gasteiger partial charge >= 0.3 is 0 Å². The molecule has 1 heterocycles. The van der Waals surface area contributed by atoms with Crippen molar-refractivity contribution >= 4 is 5.91 Å². The van der Waals surface area contributed by atoms with E-state index in [1.807, 2.05) is 43.3 Å². The number of hydrogen-bond donors (Lipinski definition) is 1. The second-order valence-electron chi connectivity index (χ2n) is 5.88. The molecule has 0 saturated carbocycles. The van der Waals surface area contributed by atoms with E-state index < -0.39 is 0 Å². The highest BCUT2D eigenvalue weighted by Gasteiger charge is 2.04. The zero-order valence-electron chi connectivity index (χ0n) is 15.2. The van der Waals surface area contributed by atoms with Crippen LogP contribution in [-0.4, -0.2) is 33.9 Å². The van der Waals surface area contributed by atoms with Crippen LogP contribution in [0.15, 0.2) is 61.2 Å².